The van der Waals surface area contributed by atoms with Crippen LogP contribution in [0.4, 0.5) is 0 Å². The molecule has 2 unspecified atom stereocenters. The highest BCUT2D eigenvalue weighted by Gasteiger charge is 2.24. The maximum atomic E-state index is 4.33. The minimum atomic E-state index is 0. The third kappa shape index (κ3) is 6.82. The highest BCUT2D eigenvalue weighted by Crippen LogP contribution is 2.28. The van der Waals surface area contributed by atoms with Gasteiger partial charge in [-0.3, -0.25) is 4.99 Å². The SMILES string of the molecule is CN=C(NCCc1ccc(I)s1)NC1CCC(SC)C1.I. The number of nitrogens with one attached hydrogen (secondary N) is 2. The van der Waals surface area contributed by atoms with Gasteiger partial charge in [0.05, 0.1) is 2.88 Å². The normalized spacial score (nSPS) is 22.0. The van der Waals surface area contributed by atoms with Gasteiger partial charge in [-0.25, -0.2) is 0 Å². The van der Waals surface area contributed by atoms with Crippen LogP contribution in [-0.4, -0.2) is 37.1 Å². The van der Waals surface area contributed by atoms with E-state index in [1.54, 1.807) is 0 Å². The quantitative estimate of drug-likeness (QED) is 0.331. The fraction of sp³-hybridized carbons (Fsp3) is 0.643. The lowest BCUT2D eigenvalue weighted by Crippen LogP contribution is -2.43. The molecule has 0 saturated heterocycles. The number of thiophene rings is 1. The van der Waals surface area contributed by atoms with Gasteiger partial charge in [0.1, 0.15) is 0 Å². The Balaban J connectivity index is 0.00000220. The van der Waals surface area contributed by atoms with E-state index in [2.05, 4.69) is 56.6 Å². The van der Waals surface area contributed by atoms with Crippen LogP contribution in [0, 0.1) is 2.88 Å². The molecule has 0 bridgehead atoms. The standard InChI is InChI=1S/C14H22IN3S2.HI/c1-16-14(18-10-3-4-12(9-10)19-2)17-8-7-11-5-6-13(15)20-11;/h5-6,10,12H,3-4,7-9H2,1-2H3,(H2,16,17,18);1H. The Morgan fingerprint density at radius 1 is 1.48 bits per heavy atom. The number of hydrogen-bond acceptors (Lipinski definition) is 3. The molecule has 2 atom stereocenters. The molecule has 1 saturated carbocycles. The molecule has 1 fully saturated rings. The first-order valence-corrected chi connectivity index (χ1v) is 10.1. The molecule has 0 aromatic carbocycles. The van der Waals surface area contributed by atoms with Crippen molar-refractivity contribution in [2.24, 2.45) is 4.99 Å². The maximum absolute atomic E-state index is 4.33. The van der Waals surface area contributed by atoms with Gasteiger partial charge in [-0.2, -0.15) is 11.8 Å². The first-order chi connectivity index (χ1) is 9.71. The van der Waals surface area contributed by atoms with E-state index in [-0.39, 0.29) is 24.0 Å². The third-order valence-corrected chi connectivity index (χ3v) is 6.62. The van der Waals surface area contributed by atoms with Gasteiger partial charge in [-0.05, 0) is 66.7 Å². The van der Waals surface area contributed by atoms with E-state index in [0.717, 1.165) is 24.2 Å². The second kappa shape index (κ2) is 10.5. The molecular formula is C14H23I2N3S2. The minimum absolute atomic E-state index is 0. The van der Waals surface area contributed by atoms with Gasteiger partial charge in [0.2, 0.25) is 0 Å². The smallest absolute Gasteiger partial charge is 0.191 e. The summed E-state index contributed by atoms with van der Waals surface area (Å²) in [6.45, 7) is 0.939. The second-order valence-corrected chi connectivity index (χ2v) is 9.17. The number of halogens is 2. The van der Waals surface area contributed by atoms with Crippen molar-refractivity contribution in [3.05, 3.63) is 19.9 Å². The number of guanidine groups is 1. The van der Waals surface area contributed by atoms with Crippen LogP contribution < -0.4 is 10.6 Å². The van der Waals surface area contributed by atoms with Crippen molar-refractivity contribution in [3.8, 4) is 0 Å². The minimum Gasteiger partial charge on any atom is -0.356 e. The highest BCUT2D eigenvalue weighted by molar-refractivity contribution is 14.1. The molecule has 1 heterocycles. The first-order valence-electron chi connectivity index (χ1n) is 6.95. The summed E-state index contributed by atoms with van der Waals surface area (Å²) in [7, 11) is 1.85. The lowest BCUT2D eigenvalue weighted by Gasteiger charge is -2.17. The molecule has 1 aromatic heterocycles. The van der Waals surface area contributed by atoms with Crippen LogP contribution in [0.2, 0.25) is 0 Å². The molecule has 1 aliphatic carbocycles. The van der Waals surface area contributed by atoms with E-state index in [1.807, 2.05) is 30.1 Å². The number of aliphatic imine (C=N–C) groups is 1. The summed E-state index contributed by atoms with van der Waals surface area (Å²) in [5.41, 5.74) is 0. The van der Waals surface area contributed by atoms with Gasteiger partial charge in [0, 0.05) is 29.8 Å². The Bertz CT molecular complexity index is 451. The van der Waals surface area contributed by atoms with Gasteiger partial charge in [0.25, 0.3) is 0 Å². The molecule has 0 amide bonds. The van der Waals surface area contributed by atoms with E-state index in [9.17, 15) is 0 Å². The predicted octanol–water partition coefficient (Wildman–Crippen LogP) is 3.96. The van der Waals surface area contributed by atoms with Crippen LogP contribution in [0.5, 0.6) is 0 Å². The first kappa shape index (κ1) is 19.8. The fourth-order valence-corrected chi connectivity index (χ4v) is 5.02. The molecule has 1 aliphatic rings. The summed E-state index contributed by atoms with van der Waals surface area (Å²) in [6, 6.07) is 4.97. The monoisotopic (exact) mass is 551 g/mol. The van der Waals surface area contributed by atoms with Gasteiger partial charge >= 0.3 is 0 Å². The van der Waals surface area contributed by atoms with Crippen molar-refractivity contribution in [2.45, 2.75) is 37.0 Å². The number of thioether (sulfide) groups is 1. The van der Waals surface area contributed by atoms with E-state index >= 15 is 0 Å². The van der Waals surface area contributed by atoms with Gasteiger partial charge in [-0.1, -0.05) is 0 Å². The fourth-order valence-electron chi connectivity index (χ4n) is 2.46. The number of rotatable bonds is 5. The van der Waals surface area contributed by atoms with E-state index in [0.29, 0.717) is 6.04 Å². The maximum Gasteiger partial charge on any atom is 0.191 e. The van der Waals surface area contributed by atoms with E-state index in [1.165, 1.54) is 27.0 Å². The molecule has 0 radical (unpaired) electrons. The molecule has 2 rings (SSSR count). The molecule has 0 aliphatic heterocycles. The molecule has 120 valence electrons. The van der Waals surface area contributed by atoms with Crippen molar-refractivity contribution in [2.75, 3.05) is 19.8 Å². The number of hydrogen-bond donors (Lipinski definition) is 2. The molecule has 1 aromatic rings. The molecule has 21 heavy (non-hydrogen) atoms. The summed E-state index contributed by atoms with van der Waals surface area (Å²) < 4.78 is 1.36. The average molecular weight is 551 g/mol. The summed E-state index contributed by atoms with van der Waals surface area (Å²) in [6.07, 6.45) is 7.11. The summed E-state index contributed by atoms with van der Waals surface area (Å²) >= 11 is 6.23. The zero-order valence-corrected chi connectivity index (χ0v) is 18.5. The zero-order valence-electron chi connectivity index (χ0n) is 12.4. The lowest BCUT2D eigenvalue weighted by atomic mass is 10.2. The molecular weight excluding hydrogens is 528 g/mol. The topological polar surface area (TPSA) is 36.4 Å². The predicted molar refractivity (Wildman–Crippen MR) is 116 cm³/mol. The van der Waals surface area contributed by atoms with Crippen LogP contribution >= 0.6 is 69.7 Å². The summed E-state index contributed by atoms with van der Waals surface area (Å²) in [5, 5.41) is 7.79. The molecule has 7 heteroatoms. The Hall–Kier alpha value is 0.780. The zero-order chi connectivity index (χ0) is 14.4. The van der Waals surface area contributed by atoms with Crippen molar-refractivity contribution in [1.82, 2.24) is 10.6 Å². The van der Waals surface area contributed by atoms with Crippen molar-refractivity contribution < 1.29 is 0 Å². The van der Waals surface area contributed by atoms with Crippen LogP contribution in [-0.2, 0) is 6.42 Å². The average Bonchev–Trinajstić information content (AvgIpc) is 3.06. The lowest BCUT2D eigenvalue weighted by molar-refractivity contribution is 0.615. The van der Waals surface area contributed by atoms with Gasteiger partial charge in [-0.15, -0.1) is 35.3 Å². The van der Waals surface area contributed by atoms with Crippen molar-refractivity contribution >= 4 is 75.6 Å². The largest absolute Gasteiger partial charge is 0.356 e. The van der Waals surface area contributed by atoms with Gasteiger partial charge in [0.15, 0.2) is 5.96 Å². The second-order valence-electron chi connectivity index (χ2n) is 4.97. The Morgan fingerprint density at radius 2 is 2.29 bits per heavy atom. The van der Waals surface area contributed by atoms with Crippen LogP contribution in [0.1, 0.15) is 24.1 Å². The van der Waals surface area contributed by atoms with Crippen molar-refractivity contribution in [1.29, 1.82) is 0 Å². The van der Waals surface area contributed by atoms with Gasteiger partial charge < -0.3 is 10.6 Å². The third-order valence-electron chi connectivity index (χ3n) is 3.57. The summed E-state index contributed by atoms with van der Waals surface area (Å²) in [5.74, 6) is 0.947. The Labute approximate surface area is 166 Å². The Kier molecular flexibility index (Phi) is 9.95. The van der Waals surface area contributed by atoms with E-state index in [4.69, 9.17) is 0 Å². The van der Waals surface area contributed by atoms with Crippen LogP contribution in [0.25, 0.3) is 0 Å². The van der Waals surface area contributed by atoms with E-state index < -0.39 is 0 Å². The Morgan fingerprint density at radius 3 is 2.86 bits per heavy atom. The molecule has 2 N–H and O–H groups in total. The van der Waals surface area contributed by atoms with Crippen LogP contribution in [0.3, 0.4) is 0 Å². The molecule has 3 nitrogen and oxygen atoms in total. The van der Waals surface area contributed by atoms with Crippen molar-refractivity contribution in [3.63, 3.8) is 0 Å². The van der Waals surface area contributed by atoms with Crippen LogP contribution in [0.15, 0.2) is 17.1 Å². The highest BCUT2D eigenvalue weighted by atomic mass is 127. The summed E-state index contributed by atoms with van der Waals surface area (Å²) in [4.78, 5) is 5.76. The molecule has 0 spiro atoms. The number of nitrogens with zero attached hydrogens (tertiary/aromatic N) is 1.